The zero-order valence-electron chi connectivity index (χ0n) is 17.6. The lowest BCUT2D eigenvalue weighted by molar-refractivity contribution is 0.207. The Kier molecular flexibility index (Phi) is 5.58. The maximum Gasteiger partial charge on any atom is 0.152 e. The first-order chi connectivity index (χ1) is 15.1. The number of aromatic amines is 1. The Labute approximate surface area is 185 Å². The summed E-state index contributed by atoms with van der Waals surface area (Å²) < 4.78 is 24.0. The summed E-state index contributed by atoms with van der Waals surface area (Å²) in [6, 6.07) is 7.76. The van der Waals surface area contributed by atoms with Crippen molar-refractivity contribution in [1.29, 1.82) is 0 Å². The third kappa shape index (κ3) is 4.27. The second-order valence-corrected chi connectivity index (χ2v) is 9.45. The van der Waals surface area contributed by atoms with E-state index in [0.717, 1.165) is 35.6 Å². The molecule has 5 rings (SSSR count). The molecule has 2 atom stereocenters. The Balaban J connectivity index is 1.22. The van der Waals surface area contributed by atoms with Crippen LogP contribution in [0.5, 0.6) is 5.75 Å². The number of fused-ring (bicyclic) bond motifs is 1. The molecule has 1 aromatic carbocycles. The van der Waals surface area contributed by atoms with Gasteiger partial charge in [0.05, 0.1) is 18.0 Å². The third-order valence-corrected chi connectivity index (χ3v) is 6.91. The second kappa shape index (κ2) is 8.51. The van der Waals surface area contributed by atoms with Crippen LogP contribution in [0.25, 0.3) is 0 Å². The van der Waals surface area contributed by atoms with Gasteiger partial charge in [-0.2, -0.15) is 5.10 Å². The van der Waals surface area contributed by atoms with Crippen LogP contribution in [0, 0.1) is 5.82 Å². The molecule has 1 fully saturated rings. The summed E-state index contributed by atoms with van der Waals surface area (Å²) in [4.78, 5) is 5.25. The molecule has 2 aromatic heterocycles. The van der Waals surface area contributed by atoms with Crippen molar-refractivity contribution in [3.8, 4) is 5.75 Å². The number of nitrogens with zero attached hydrogens (tertiary/aromatic N) is 2. The lowest BCUT2D eigenvalue weighted by Crippen LogP contribution is -2.12. The summed E-state index contributed by atoms with van der Waals surface area (Å²) >= 11 is 1.47. The third-order valence-electron chi connectivity index (χ3n) is 6.02. The number of nitrogens with one attached hydrogen (secondary N) is 3. The average molecular weight is 440 g/mol. The molecule has 2 aliphatic rings. The number of ether oxygens (including phenoxy) is 1. The van der Waals surface area contributed by atoms with Gasteiger partial charge < -0.3 is 10.1 Å². The lowest BCUT2D eigenvalue weighted by Gasteiger charge is -2.15. The van der Waals surface area contributed by atoms with Gasteiger partial charge in [-0.05, 0) is 60.9 Å². The Bertz CT molecular complexity index is 1090. The molecule has 0 spiro atoms. The largest absolute Gasteiger partial charge is 0.489 e. The Morgan fingerprint density at radius 1 is 1.23 bits per heavy atom. The van der Waals surface area contributed by atoms with Crippen molar-refractivity contribution in [2.75, 3.05) is 5.32 Å². The van der Waals surface area contributed by atoms with E-state index in [2.05, 4.69) is 45.1 Å². The highest BCUT2D eigenvalue weighted by molar-refractivity contribution is 7.97. The minimum absolute atomic E-state index is 0.160. The number of rotatable bonds is 6. The molecule has 162 valence electrons. The highest BCUT2D eigenvalue weighted by Crippen LogP contribution is 2.38. The van der Waals surface area contributed by atoms with E-state index >= 15 is 0 Å². The van der Waals surface area contributed by atoms with Crippen molar-refractivity contribution >= 4 is 23.5 Å². The monoisotopic (exact) mass is 439 g/mol. The van der Waals surface area contributed by atoms with Crippen molar-refractivity contribution in [1.82, 2.24) is 19.9 Å². The van der Waals surface area contributed by atoms with Crippen LogP contribution in [0.1, 0.15) is 61.8 Å². The van der Waals surface area contributed by atoms with E-state index in [1.165, 1.54) is 17.5 Å². The maximum atomic E-state index is 14.7. The first kappa shape index (κ1) is 20.3. The number of H-pyrrole nitrogens is 1. The van der Waals surface area contributed by atoms with Gasteiger partial charge in [-0.3, -0.25) is 14.8 Å². The Hall–Kier alpha value is -2.58. The minimum Gasteiger partial charge on any atom is -0.489 e. The Morgan fingerprint density at radius 2 is 2.13 bits per heavy atom. The van der Waals surface area contributed by atoms with Crippen molar-refractivity contribution in [3.05, 3.63) is 59.3 Å². The molecular formula is C23H26FN5OS. The van der Waals surface area contributed by atoms with E-state index in [0.29, 0.717) is 35.4 Å². The summed E-state index contributed by atoms with van der Waals surface area (Å²) in [5.41, 5.74) is 3.40. The van der Waals surface area contributed by atoms with Gasteiger partial charge in [0.1, 0.15) is 5.75 Å². The Morgan fingerprint density at radius 3 is 3.00 bits per heavy atom. The van der Waals surface area contributed by atoms with Gasteiger partial charge in [-0.25, -0.2) is 4.39 Å². The van der Waals surface area contributed by atoms with Gasteiger partial charge >= 0.3 is 0 Å². The van der Waals surface area contributed by atoms with Crippen molar-refractivity contribution < 1.29 is 9.13 Å². The molecule has 3 aromatic rings. The fraction of sp³-hybridized carbons (Fsp3) is 0.391. The zero-order chi connectivity index (χ0) is 21.4. The summed E-state index contributed by atoms with van der Waals surface area (Å²) in [7, 11) is 0. The molecule has 0 amide bonds. The molecule has 8 heteroatoms. The molecule has 1 saturated carbocycles. The molecule has 1 aliphatic heterocycles. The van der Waals surface area contributed by atoms with Crippen LogP contribution < -0.4 is 14.8 Å². The highest BCUT2D eigenvalue weighted by Gasteiger charge is 2.29. The molecular weight excluding hydrogens is 413 g/mol. The zero-order valence-corrected chi connectivity index (χ0v) is 18.4. The molecule has 3 heterocycles. The summed E-state index contributed by atoms with van der Waals surface area (Å²) in [6.07, 6.45) is 6.78. The molecule has 3 N–H and O–H groups in total. The van der Waals surface area contributed by atoms with E-state index < -0.39 is 0 Å². The van der Waals surface area contributed by atoms with E-state index in [4.69, 9.17) is 4.74 Å². The van der Waals surface area contributed by atoms with Crippen LogP contribution >= 0.6 is 11.9 Å². The van der Waals surface area contributed by atoms with Crippen molar-refractivity contribution in [2.45, 2.75) is 62.5 Å². The molecule has 1 aliphatic carbocycles. The van der Waals surface area contributed by atoms with E-state index in [-0.39, 0.29) is 11.9 Å². The van der Waals surface area contributed by atoms with Gasteiger partial charge in [0.15, 0.2) is 11.6 Å². The summed E-state index contributed by atoms with van der Waals surface area (Å²) in [5, 5.41) is 10.6. The molecule has 6 nitrogen and oxygen atoms in total. The topological polar surface area (TPSA) is 74.9 Å². The number of benzene rings is 1. The molecule has 0 bridgehead atoms. The van der Waals surface area contributed by atoms with E-state index in [1.807, 2.05) is 18.3 Å². The number of pyridine rings is 1. The minimum atomic E-state index is -0.217. The summed E-state index contributed by atoms with van der Waals surface area (Å²) in [6.45, 7) is 4.84. The number of anilines is 2. The van der Waals surface area contributed by atoms with Gasteiger partial charge in [-0.15, -0.1) is 0 Å². The van der Waals surface area contributed by atoms with Crippen LogP contribution in [0.3, 0.4) is 0 Å². The van der Waals surface area contributed by atoms with Crippen LogP contribution in [-0.2, 0) is 6.54 Å². The second-order valence-electron chi connectivity index (χ2n) is 8.52. The van der Waals surface area contributed by atoms with Gasteiger partial charge in [0, 0.05) is 40.9 Å². The first-order valence-corrected chi connectivity index (χ1v) is 11.5. The number of hydrogen-bond acceptors (Lipinski definition) is 6. The lowest BCUT2D eigenvalue weighted by atomic mass is 10.0. The maximum absolute atomic E-state index is 14.7. The molecule has 31 heavy (non-hydrogen) atoms. The normalized spacial score (nSPS) is 20.3. The van der Waals surface area contributed by atoms with E-state index in [9.17, 15) is 4.39 Å². The molecule has 2 unspecified atom stereocenters. The highest BCUT2D eigenvalue weighted by atomic mass is 32.2. The predicted octanol–water partition coefficient (Wildman–Crippen LogP) is 5.64. The van der Waals surface area contributed by atoms with Crippen molar-refractivity contribution in [3.63, 3.8) is 0 Å². The van der Waals surface area contributed by atoms with Crippen LogP contribution in [0.4, 0.5) is 15.9 Å². The van der Waals surface area contributed by atoms with Gasteiger partial charge in [0.25, 0.3) is 0 Å². The number of hydrogen-bond donors (Lipinski definition) is 3. The van der Waals surface area contributed by atoms with E-state index in [1.54, 1.807) is 12.3 Å². The smallest absolute Gasteiger partial charge is 0.152 e. The molecule has 0 radical (unpaired) electrons. The van der Waals surface area contributed by atoms with Gasteiger partial charge in [-0.1, -0.05) is 13.8 Å². The fourth-order valence-electron chi connectivity index (χ4n) is 4.23. The van der Waals surface area contributed by atoms with Gasteiger partial charge in [0.2, 0.25) is 0 Å². The van der Waals surface area contributed by atoms with Crippen LogP contribution in [-0.4, -0.2) is 21.3 Å². The SMILES string of the molecule is CC(C)c1cncc(OC2CCC(c3cc(Nc4ccc5c(c4F)CNS5)n[nH]3)C2)c1. The summed E-state index contributed by atoms with van der Waals surface area (Å²) in [5.74, 6) is 2.02. The number of halogens is 1. The van der Waals surface area contributed by atoms with Crippen molar-refractivity contribution in [2.24, 2.45) is 0 Å². The average Bonchev–Trinajstić information content (AvgIpc) is 3.51. The van der Waals surface area contributed by atoms with Crippen LogP contribution in [0.15, 0.2) is 41.6 Å². The predicted molar refractivity (Wildman–Crippen MR) is 120 cm³/mol. The van der Waals surface area contributed by atoms with Crippen LogP contribution in [0.2, 0.25) is 0 Å². The quantitative estimate of drug-likeness (QED) is 0.432. The standard InChI is InChI=1S/C23H26FN5OS/c1-13(2)15-8-17(11-25-10-15)30-16-4-3-14(7-16)20-9-22(29-28-20)27-19-5-6-21-18(23(19)24)12-26-31-21/h5-6,8-11,13-14,16,26H,3-4,7,12H2,1-2H3,(H2,27,28,29). The fourth-order valence-corrected chi connectivity index (χ4v) is 5.03. The number of aromatic nitrogens is 3. The first-order valence-electron chi connectivity index (χ1n) is 10.7. The molecule has 0 saturated heterocycles.